The second-order valence-electron chi connectivity index (χ2n) is 5.00. The van der Waals surface area contributed by atoms with Gasteiger partial charge in [-0.1, -0.05) is 37.3 Å². The molecule has 1 atom stereocenters. The Balaban J connectivity index is 2.19. The number of halogens is 1. The van der Waals surface area contributed by atoms with Crippen LogP contribution >= 0.6 is 0 Å². The van der Waals surface area contributed by atoms with E-state index in [0.29, 0.717) is 18.0 Å². The van der Waals surface area contributed by atoms with Crippen molar-refractivity contribution in [3.05, 3.63) is 53.8 Å². The van der Waals surface area contributed by atoms with Gasteiger partial charge in [-0.2, -0.15) is 0 Å². The summed E-state index contributed by atoms with van der Waals surface area (Å²) in [5, 5.41) is 3.30. The van der Waals surface area contributed by atoms with Gasteiger partial charge in [0.15, 0.2) is 11.6 Å². The molecular formula is C17H21FN2O. The molecule has 4 heteroatoms. The third-order valence-electron chi connectivity index (χ3n) is 3.24. The van der Waals surface area contributed by atoms with Gasteiger partial charge >= 0.3 is 0 Å². The minimum Gasteiger partial charge on any atom is -0.490 e. The average molecular weight is 288 g/mol. The van der Waals surface area contributed by atoms with Gasteiger partial charge in [-0.15, -0.1) is 0 Å². The molecular weight excluding hydrogens is 267 g/mol. The first kappa shape index (κ1) is 15.2. The maximum atomic E-state index is 13.8. The number of ether oxygens (including phenoxy) is 1. The molecule has 0 amide bonds. The lowest BCUT2D eigenvalue weighted by molar-refractivity contribution is 0.301. The van der Waals surface area contributed by atoms with E-state index >= 15 is 0 Å². The van der Waals surface area contributed by atoms with Gasteiger partial charge in [0, 0.05) is 18.2 Å². The summed E-state index contributed by atoms with van der Waals surface area (Å²) in [6, 6.07) is 13.0. The Morgan fingerprint density at radius 1 is 1.24 bits per heavy atom. The van der Waals surface area contributed by atoms with E-state index in [2.05, 4.69) is 5.32 Å². The first-order valence-corrected chi connectivity index (χ1v) is 7.15. The molecule has 3 N–H and O–H groups in total. The van der Waals surface area contributed by atoms with Crippen molar-refractivity contribution in [2.24, 2.45) is 0 Å². The zero-order chi connectivity index (χ0) is 15.2. The van der Waals surface area contributed by atoms with Crippen LogP contribution in [-0.2, 0) is 0 Å². The number of hydrogen-bond donors (Lipinski definition) is 2. The molecule has 0 fully saturated rings. The molecule has 0 aliphatic heterocycles. The topological polar surface area (TPSA) is 47.3 Å². The van der Waals surface area contributed by atoms with E-state index in [4.69, 9.17) is 10.5 Å². The fourth-order valence-electron chi connectivity index (χ4n) is 2.07. The molecule has 0 saturated heterocycles. The summed E-state index contributed by atoms with van der Waals surface area (Å²) in [4.78, 5) is 0. The minimum absolute atomic E-state index is 0.0676. The summed E-state index contributed by atoms with van der Waals surface area (Å²) < 4.78 is 19.2. The molecule has 3 nitrogen and oxygen atoms in total. The van der Waals surface area contributed by atoms with Crippen LogP contribution in [0, 0.1) is 5.82 Å². The SMILES string of the molecule is CCCOc1cc(NC(C)c2ccccc2)c(N)cc1F. The van der Waals surface area contributed by atoms with Crippen LogP contribution in [0.5, 0.6) is 5.75 Å². The third kappa shape index (κ3) is 3.88. The first-order valence-electron chi connectivity index (χ1n) is 7.15. The minimum atomic E-state index is -0.432. The van der Waals surface area contributed by atoms with Crippen LogP contribution < -0.4 is 15.8 Å². The number of nitrogens with two attached hydrogens (primary N) is 1. The van der Waals surface area contributed by atoms with Gasteiger partial charge in [0.05, 0.1) is 18.0 Å². The smallest absolute Gasteiger partial charge is 0.167 e. The molecule has 0 aliphatic rings. The van der Waals surface area contributed by atoms with E-state index < -0.39 is 5.82 Å². The van der Waals surface area contributed by atoms with Crippen molar-refractivity contribution in [3.63, 3.8) is 0 Å². The maximum absolute atomic E-state index is 13.8. The predicted molar refractivity (Wildman–Crippen MR) is 85.1 cm³/mol. The first-order chi connectivity index (χ1) is 10.1. The van der Waals surface area contributed by atoms with Crippen molar-refractivity contribution >= 4 is 11.4 Å². The lowest BCUT2D eigenvalue weighted by Crippen LogP contribution is -2.09. The monoisotopic (exact) mass is 288 g/mol. The normalized spacial score (nSPS) is 12.0. The number of nitrogen functional groups attached to an aromatic ring is 1. The van der Waals surface area contributed by atoms with Gasteiger partial charge in [-0.3, -0.25) is 0 Å². The summed E-state index contributed by atoms with van der Waals surface area (Å²) >= 11 is 0. The van der Waals surface area contributed by atoms with Crippen molar-refractivity contribution in [2.45, 2.75) is 26.3 Å². The van der Waals surface area contributed by atoms with E-state index in [9.17, 15) is 4.39 Å². The Hall–Kier alpha value is -2.23. The highest BCUT2D eigenvalue weighted by molar-refractivity contribution is 5.69. The number of rotatable bonds is 6. The number of hydrogen-bond acceptors (Lipinski definition) is 3. The van der Waals surface area contributed by atoms with Crippen LogP contribution in [0.3, 0.4) is 0 Å². The van der Waals surface area contributed by atoms with Crippen LogP contribution in [0.15, 0.2) is 42.5 Å². The van der Waals surface area contributed by atoms with E-state index in [1.165, 1.54) is 6.07 Å². The standard InChI is InChI=1S/C17H21FN2O/c1-3-9-21-17-11-16(15(19)10-14(17)18)20-12(2)13-7-5-4-6-8-13/h4-8,10-12,20H,3,9,19H2,1-2H3. The Labute approximate surface area is 124 Å². The molecule has 0 bridgehead atoms. The molecule has 112 valence electrons. The van der Waals surface area contributed by atoms with Crippen LogP contribution in [0.4, 0.5) is 15.8 Å². The van der Waals surface area contributed by atoms with Crippen LogP contribution in [-0.4, -0.2) is 6.61 Å². The molecule has 0 aliphatic carbocycles. The summed E-state index contributed by atoms with van der Waals surface area (Å²) in [7, 11) is 0. The van der Waals surface area contributed by atoms with Crippen molar-refractivity contribution in [2.75, 3.05) is 17.7 Å². The quantitative estimate of drug-likeness (QED) is 0.776. The Morgan fingerprint density at radius 3 is 2.62 bits per heavy atom. The molecule has 2 aromatic carbocycles. The molecule has 0 heterocycles. The Kier molecular flexibility index (Phi) is 5.04. The molecule has 2 aromatic rings. The number of nitrogens with one attached hydrogen (secondary N) is 1. The van der Waals surface area contributed by atoms with Crippen molar-refractivity contribution < 1.29 is 9.13 Å². The fraction of sp³-hybridized carbons (Fsp3) is 0.294. The fourth-order valence-corrected chi connectivity index (χ4v) is 2.07. The van der Waals surface area contributed by atoms with E-state index in [1.54, 1.807) is 6.07 Å². The largest absolute Gasteiger partial charge is 0.490 e. The Bertz CT molecular complexity index is 587. The number of benzene rings is 2. The van der Waals surface area contributed by atoms with Crippen molar-refractivity contribution in [1.29, 1.82) is 0 Å². The van der Waals surface area contributed by atoms with Gasteiger partial charge in [0.2, 0.25) is 0 Å². The summed E-state index contributed by atoms with van der Waals surface area (Å²) in [5.74, 6) is -0.201. The summed E-state index contributed by atoms with van der Waals surface area (Å²) in [6.45, 7) is 4.49. The lowest BCUT2D eigenvalue weighted by atomic mass is 10.1. The summed E-state index contributed by atoms with van der Waals surface area (Å²) in [6.07, 6.45) is 0.826. The molecule has 0 saturated carbocycles. The second-order valence-corrected chi connectivity index (χ2v) is 5.00. The second kappa shape index (κ2) is 6.97. The van der Waals surface area contributed by atoms with Crippen LogP contribution in [0.1, 0.15) is 31.9 Å². The molecule has 0 aromatic heterocycles. The van der Waals surface area contributed by atoms with Crippen LogP contribution in [0.2, 0.25) is 0 Å². The summed E-state index contributed by atoms with van der Waals surface area (Å²) in [5.41, 5.74) is 8.08. The van der Waals surface area contributed by atoms with E-state index in [1.807, 2.05) is 44.2 Å². The van der Waals surface area contributed by atoms with E-state index in [-0.39, 0.29) is 11.8 Å². The zero-order valence-corrected chi connectivity index (χ0v) is 12.4. The van der Waals surface area contributed by atoms with Crippen molar-refractivity contribution in [1.82, 2.24) is 0 Å². The zero-order valence-electron chi connectivity index (χ0n) is 12.4. The Morgan fingerprint density at radius 2 is 1.95 bits per heavy atom. The van der Waals surface area contributed by atoms with Gasteiger partial charge in [-0.05, 0) is 18.9 Å². The average Bonchev–Trinajstić information content (AvgIpc) is 2.49. The number of anilines is 2. The molecule has 1 unspecified atom stereocenters. The highest BCUT2D eigenvalue weighted by atomic mass is 19.1. The van der Waals surface area contributed by atoms with E-state index in [0.717, 1.165) is 12.0 Å². The highest BCUT2D eigenvalue weighted by Crippen LogP contribution is 2.31. The van der Waals surface area contributed by atoms with Gasteiger partial charge in [0.1, 0.15) is 0 Å². The maximum Gasteiger partial charge on any atom is 0.167 e. The molecule has 0 spiro atoms. The van der Waals surface area contributed by atoms with Gasteiger partial charge in [0.25, 0.3) is 0 Å². The van der Waals surface area contributed by atoms with Gasteiger partial charge in [-0.25, -0.2) is 4.39 Å². The molecule has 21 heavy (non-hydrogen) atoms. The lowest BCUT2D eigenvalue weighted by Gasteiger charge is -2.18. The highest BCUT2D eigenvalue weighted by Gasteiger charge is 2.12. The van der Waals surface area contributed by atoms with Crippen LogP contribution in [0.25, 0.3) is 0 Å². The molecule has 2 rings (SSSR count). The molecule has 0 radical (unpaired) electrons. The predicted octanol–water partition coefficient (Wildman–Crippen LogP) is 4.37. The van der Waals surface area contributed by atoms with Crippen molar-refractivity contribution in [3.8, 4) is 5.75 Å². The third-order valence-corrected chi connectivity index (χ3v) is 3.24. The van der Waals surface area contributed by atoms with Gasteiger partial charge < -0.3 is 15.8 Å².